The summed E-state index contributed by atoms with van der Waals surface area (Å²) < 4.78 is 15.8. The number of nitrogens with one attached hydrogen (secondary N) is 1. The molecule has 0 radical (unpaired) electrons. The second-order valence-electron chi connectivity index (χ2n) is 5.28. The summed E-state index contributed by atoms with van der Waals surface area (Å²) in [7, 11) is 1.67. The highest BCUT2D eigenvalue weighted by Crippen LogP contribution is 2.13. The highest BCUT2D eigenvalue weighted by molar-refractivity contribution is 4.81. The lowest BCUT2D eigenvalue weighted by molar-refractivity contribution is 0.0504. The van der Waals surface area contributed by atoms with Crippen molar-refractivity contribution in [2.24, 2.45) is 0 Å². The highest BCUT2D eigenvalue weighted by Gasteiger charge is 2.20. The second-order valence-corrected chi connectivity index (χ2v) is 5.28. The minimum absolute atomic E-state index is 0.149. The molecule has 0 spiro atoms. The smallest absolute Gasteiger partial charge is 0.0700 e. The van der Waals surface area contributed by atoms with Gasteiger partial charge in [-0.2, -0.15) is 0 Å². The Hall–Kier alpha value is -0.200. The Balaban J connectivity index is 3.27. The van der Waals surface area contributed by atoms with E-state index < -0.39 is 0 Å². The van der Waals surface area contributed by atoms with Crippen molar-refractivity contribution in [2.45, 2.75) is 45.1 Å². The summed E-state index contributed by atoms with van der Waals surface area (Å²) in [5, 5.41) is 12.7. The monoisotopic (exact) mass is 291 g/mol. The average molecular weight is 291 g/mol. The summed E-state index contributed by atoms with van der Waals surface area (Å²) in [4.78, 5) is 0. The maximum absolute atomic E-state index is 9.36. The fourth-order valence-corrected chi connectivity index (χ4v) is 1.98. The number of rotatable bonds is 15. The number of likely N-dealkylation sites (N-methyl/N-ethyl adjacent to an activating group) is 1. The number of methoxy groups -OCH3 is 1. The minimum Gasteiger partial charge on any atom is -0.394 e. The Labute approximate surface area is 124 Å². The Kier molecular flexibility index (Phi) is 13.6. The predicted octanol–water partition coefficient (Wildman–Crippen LogP) is 1.59. The Morgan fingerprint density at radius 1 is 0.950 bits per heavy atom. The lowest BCUT2D eigenvalue weighted by Crippen LogP contribution is -2.45. The molecule has 0 aliphatic heterocycles. The van der Waals surface area contributed by atoms with Gasteiger partial charge in [0, 0.05) is 32.5 Å². The predicted molar refractivity (Wildman–Crippen MR) is 81.1 cm³/mol. The van der Waals surface area contributed by atoms with Crippen LogP contribution in [0.4, 0.5) is 0 Å². The molecule has 20 heavy (non-hydrogen) atoms. The molecule has 5 nitrogen and oxygen atoms in total. The van der Waals surface area contributed by atoms with Gasteiger partial charge in [0.15, 0.2) is 0 Å². The molecule has 2 N–H and O–H groups in total. The first-order valence-electron chi connectivity index (χ1n) is 7.69. The third kappa shape index (κ3) is 11.6. The number of hydrogen-bond donors (Lipinski definition) is 2. The van der Waals surface area contributed by atoms with Crippen molar-refractivity contribution in [3.05, 3.63) is 0 Å². The van der Waals surface area contributed by atoms with Gasteiger partial charge in [0.25, 0.3) is 0 Å². The Morgan fingerprint density at radius 2 is 1.60 bits per heavy atom. The number of aliphatic hydroxyl groups excluding tert-OH is 1. The van der Waals surface area contributed by atoms with E-state index in [0.717, 1.165) is 52.0 Å². The van der Waals surface area contributed by atoms with E-state index in [0.29, 0.717) is 13.2 Å². The van der Waals surface area contributed by atoms with Gasteiger partial charge >= 0.3 is 0 Å². The first kappa shape index (κ1) is 19.8. The summed E-state index contributed by atoms with van der Waals surface area (Å²) in [5.41, 5.74) is -0.149. The zero-order valence-electron chi connectivity index (χ0n) is 13.5. The molecule has 0 aromatic rings. The maximum Gasteiger partial charge on any atom is 0.0700 e. The van der Waals surface area contributed by atoms with Gasteiger partial charge in [0.05, 0.1) is 19.8 Å². The summed E-state index contributed by atoms with van der Waals surface area (Å²) in [6.45, 7) is 8.75. The molecular weight excluding hydrogens is 258 g/mol. The molecule has 122 valence electrons. The average Bonchev–Trinajstić information content (AvgIpc) is 2.45. The molecule has 1 unspecified atom stereocenters. The van der Waals surface area contributed by atoms with Crippen LogP contribution in [0, 0.1) is 0 Å². The number of aliphatic hydroxyl groups is 1. The van der Waals surface area contributed by atoms with Gasteiger partial charge < -0.3 is 24.6 Å². The van der Waals surface area contributed by atoms with Crippen LogP contribution in [0.25, 0.3) is 0 Å². The lowest BCUT2D eigenvalue weighted by atomic mass is 9.96. The van der Waals surface area contributed by atoms with Crippen LogP contribution in [0.15, 0.2) is 0 Å². The van der Waals surface area contributed by atoms with Crippen molar-refractivity contribution in [3.8, 4) is 0 Å². The van der Waals surface area contributed by atoms with E-state index >= 15 is 0 Å². The van der Waals surface area contributed by atoms with Crippen LogP contribution in [0.5, 0.6) is 0 Å². The molecule has 0 saturated heterocycles. The van der Waals surface area contributed by atoms with Crippen molar-refractivity contribution in [2.75, 3.05) is 53.3 Å². The van der Waals surface area contributed by atoms with Crippen molar-refractivity contribution >= 4 is 0 Å². The maximum atomic E-state index is 9.36. The van der Waals surface area contributed by atoms with Gasteiger partial charge in [-0.3, -0.25) is 0 Å². The summed E-state index contributed by atoms with van der Waals surface area (Å²) in [5.74, 6) is 0. The van der Waals surface area contributed by atoms with E-state index in [1.807, 2.05) is 0 Å². The van der Waals surface area contributed by atoms with Crippen LogP contribution in [0.1, 0.15) is 39.5 Å². The SMILES string of the molecule is CCNC(C)(CO)CCCCOCCCOCCOC. The molecule has 0 rings (SSSR count). The molecular formula is C15H33NO4. The Morgan fingerprint density at radius 3 is 2.20 bits per heavy atom. The van der Waals surface area contributed by atoms with Crippen LogP contribution in [0.2, 0.25) is 0 Å². The second kappa shape index (κ2) is 13.8. The van der Waals surface area contributed by atoms with E-state index in [1.165, 1.54) is 0 Å². The normalized spacial score (nSPS) is 14.4. The van der Waals surface area contributed by atoms with E-state index in [-0.39, 0.29) is 12.1 Å². The summed E-state index contributed by atoms with van der Waals surface area (Å²) in [6, 6.07) is 0. The molecule has 0 bridgehead atoms. The first-order valence-corrected chi connectivity index (χ1v) is 7.69. The van der Waals surface area contributed by atoms with Crippen LogP contribution in [-0.2, 0) is 14.2 Å². The third-order valence-electron chi connectivity index (χ3n) is 3.23. The third-order valence-corrected chi connectivity index (χ3v) is 3.23. The molecule has 0 aliphatic carbocycles. The molecule has 0 aromatic heterocycles. The van der Waals surface area contributed by atoms with Gasteiger partial charge in [0.1, 0.15) is 0 Å². The fraction of sp³-hybridized carbons (Fsp3) is 1.00. The van der Waals surface area contributed by atoms with Gasteiger partial charge in [0.2, 0.25) is 0 Å². The molecule has 0 saturated carbocycles. The molecule has 1 atom stereocenters. The van der Waals surface area contributed by atoms with E-state index in [4.69, 9.17) is 14.2 Å². The van der Waals surface area contributed by atoms with Crippen LogP contribution in [-0.4, -0.2) is 63.9 Å². The van der Waals surface area contributed by atoms with Crippen molar-refractivity contribution < 1.29 is 19.3 Å². The van der Waals surface area contributed by atoms with Gasteiger partial charge in [-0.05, 0) is 39.2 Å². The van der Waals surface area contributed by atoms with Crippen LogP contribution >= 0.6 is 0 Å². The quantitative estimate of drug-likeness (QED) is 0.449. The highest BCUT2D eigenvalue weighted by atomic mass is 16.5. The number of ether oxygens (including phenoxy) is 3. The zero-order chi connectivity index (χ0) is 15.1. The number of hydrogen-bond acceptors (Lipinski definition) is 5. The summed E-state index contributed by atoms with van der Waals surface area (Å²) in [6.07, 6.45) is 4.00. The summed E-state index contributed by atoms with van der Waals surface area (Å²) >= 11 is 0. The van der Waals surface area contributed by atoms with E-state index in [1.54, 1.807) is 7.11 Å². The van der Waals surface area contributed by atoms with Crippen LogP contribution in [0.3, 0.4) is 0 Å². The van der Waals surface area contributed by atoms with Gasteiger partial charge in [-0.25, -0.2) is 0 Å². The molecule has 0 fully saturated rings. The molecule has 0 aliphatic rings. The topological polar surface area (TPSA) is 60.0 Å². The zero-order valence-corrected chi connectivity index (χ0v) is 13.5. The largest absolute Gasteiger partial charge is 0.394 e. The fourth-order valence-electron chi connectivity index (χ4n) is 1.98. The van der Waals surface area contributed by atoms with E-state index in [2.05, 4.69) is 19.2 Å². The van der Waals surface area contributed by atoms with Gasteiger partial charge in [-0.15, -0.1) is 0 Å². The standard InChI is InChI=1S/C15H33NO4/c1-4-16-15(2,14-17)8-5-6-9-19-10-7-11-20-13-12-18-3/h16-17H,4-14H2,1-3H3. The number of unbranched alkanes of at least 4 members (excludes halogenated alkanes) is 1. The van der Waals surface area contributed by atoms with Crippen molar-refractivity contribution in [1.82, 2.24) is 5.32 Å². The van der Waals surface area contributed by atoms with Gasteiger partial charge in [-0.1, -0.05) is 6.92 Å². The molecule has 5 heteroatoms. The minimum atomic E-state index is -0.149. The first-order chi connectivity index (χ1) is 9.68. The molecule has 0 heterocycles. The molecule has 0 amide bonds. The van der Waals surface area contributed by atoms with Crippen molar-refractivity contribution in [1.29, 1.82) is 0 Å². The van der Waals surface area contributed by atoms with Crippen molar-refractivity contribution in [3.63, 3.8) is 0 Å². The lowest BCUT2D eigenvalue weighted by Gasteiger charge is -2.28. The Bertz CT molecular complexity index is 204. The van der Waals surface area contributed by atoms with Crippen LogP contribution < -0.4 is 5.32 Å². The molecule has 0 aromatic carbocycles. The van der Waals surface area contributed by atoms with E-state index in [9.17, 15) is 5.11 Å².